The Kier molecular flexibility index (Phi) is 2.78. The van der Waals surface area contributed by atoms with Crippen LogP contribution in [0.5, 0.6) is 0 Å². The summed E-state index contributed by atoms with van der Waals surface area (Å²) in [6.45, 7) is 0.665. The Morgan fingerprint density at radius 1 is 1.53 bits per heavy atom. The molecule has 0 bridgehead atoms. The van der Waals surface area contributed by atoms with E-state index in [2.05, 4.69) is 5.32 Å². The highest BCUT2D eigenvalue weighted by Gasteiger charge is 2.51. The fourth-order valence-corrected chi connectivity index (χ4v) is 1.96. The molecule has 0 spiro atoms. The Morgan fingerprint density at radius 3 is 2.71 bits per heavy atom. The number of amides is 2. The number of nitrogens with one attached hydrogen (secondary N) is 1. The Bertz CT molecular complexity index is 378. The van der Waals surface area contributed by atoms with Crippen molar-refractivity contribution in [2.45, 2.75) is 30.8 Å². The molecule has 94 valence electrons. The van der Waals surface area contributed by atoms with Gasteiger partial charge >= 0.3 is 5.97 Å². The fraction of sp³-hybridized carbons (Fsp3) is 0.700. The van der Waals surface area contributed by atoms with Crippen LogP contribution in [0.25, 0.3) is 0 Å². The molecule has 1 atom stereocenters. The van der Waals surface area contributed by atoms with Crippen LogP contribution in [0, 0.1) is 0 Å². The Labute approximate surface area is 97.9 Å². The lowest BCUT2D eigenvalue weighted by atomic mass is 10.1. The molecule has 0 aromatic carbocycles. The van der Waals surface area contributed by atoms with Crippen LogP contribution in [0.4, 0.5) is 0 Å². The quantitative estimate of drug-likeness (QED) is 0.544. The summed E-state index contributed by atoms with van der Waals surface area (Å²) in [6.07, 6.45) is 0.821. The number of carboxylic acid groups (broad SMARTS) is 1. The molecule has 2 amide bonds. The first kappa shape index (κ1) is 11.8. The van der Waals surface area contributed by atoms with Crippen molar-refractivity contribution in [1.82, 2.24) is 10.2 Å². The Hall–Kier alpha value is -1.63. The molecule has 1 unspecified atom stereocenters. The number of carbonyl (C=O) groups excluding carboxylic acids is 2. The molecule has 2 aliphatic rings. The van der Waals surface area contributed by atoms with E-state index >= 15 is 0 Å². The van der Waals surface area contributed by atoms with Gasteiger partial charge in [-0.2, -0.15) is 0 Å². The lowest BCUT2D eigenvalue weighted by Crippen LogP contribution is -2.61. The van der Waals surface area contributed by atoms with Crippen LogP contribution in [0.15, 0.2) is 0 Å². The van der Waals surface area contributed by atoms with E-state index < -0.39 is 23.5 Å². The van der Waals surface area contributed by atoms with Crippen LogP contribution in [0.2, 0.25) is 0 Å². The monoisotopic (exact) mass is 241 g/mol. The summed E-state index contributed by atoms with van der Waals surface area (Å²) in [5.74, 6) is -1.83. The molecule has 2 rings (SSSR count). The molecule has 1 aliphatic carbocycles. The lowest BCUT2D eigenvalue weighted by Gasteiger charge is -2.35. The summed E-state index contributed by atoms with van der Waals surface area (Å²) in [5, 5.41) is 11.3. The third-order valence-electron chi connectivity index (χ3n) is 3.17. The molecule has 1 heterocycles. The molecule has 0 aromatic rings. The van der Waals surface area contributed by atoms with Crippen molar-refractivity contribution < 1.29 is 19.5 Å². The van der Waals surface area contributed by atoms with Gasteiger partial charge in [0, 0.05) is 13.1 Å². The number of rotatable bonds is 3. The third kappa shape index (κ3) is 2.23. The summed E-state index contributed by atoms with van der Waals surface area (Å²) in [4.78, 5) is 35.6. The van der Waals surface area contributed by atoms with Crippen LogP contribution in [-0.2, 0) is 14.4 Å². The highest BCUT2D eigenvalue weighted by atomic mass is 16.4. The van der Waals surface area contributed by atoms with Gasteiger partial charge in [0.1, 0.15) is 6.04 Å². The minimum Gasteiger partial charge on any atom is -0.481 e. The number of nitrogens with zero attached hydrogens (tertiary/aromatic N) is 1. The SMILES string of the molecule is NC1(C(=O)N2CCNC(=O)C2CC(=O)O)CC1. The Morgan fingerprint density at radius 2 is 2.18 bits per heavy atom. The van der Waals surface area contributed by atoms with Crippen molar-refractivity contribution in [3.63, 3.8) is 0 Å². The average molecular weight is 241 g/mol. The highest BCUT2D eigenvalue weighted by Crippen LogP contribution is 2.35. The predicted octanol–water partition coefficient (Wildman–Crippen LogP) is -1.72. The molecule has 7 nitrogen and oxygen atoms in total. The van der Waals surface area contributed by atoms with Crippen molar-refractivity contribution >= 4 is 17.8 Å². The van der Waals surface area contributed by atoms with Crippen molar-refractivity contribution in [2.24, 2.45) is 5.73 Å². The van der Waals surface area contributed by atoms with E-state index in [-0.39, 0.29) is 12.3 Å². The lowest BCUT2D eigenvalue weighted by molar-refractivity contribution is -0.149. The number of nitrogens with two attached hydrogens (primary N) is 1. The standard InChI is InChI=1S/C10H15N3O4/c11-10(1-2-10)9(17)13-4-3-12-8(16)6(13)5-7(14)15/h6H,1-5,11H2,(H,12,16)(H,14,15). The fourth-order valence-electron chi connectivity index (χ4n) is 1.96. The molecule has 1 aliphatic heterocycles. The van der Waals surface area contributed by atoms with E-state index in [1.54, 1.807) is 0 Å². The summed E-state index contributed by atoms with van der Waals surface area (Å²) in [5.41, 5.74) is 4.92. The average Bonchev–Trinajstić information content (AvgIpc) is 2.99. The van der Waals surface area contributed by atoms with Gasteiger partial charge in [-0.3, -0.25) is 14.4 Å². The molecule has 17 heavy (non-hydrogen) atoms. The van der Waals surface area contributed by atoms with E-state index in [4.69, 9.17) is 10.8 Å². The maximum atomic E-state index is 12.0. The zero-order valence-corrected chi connectivity index (χ0v) is 9.31. The maximum absolute atomic E-state index is 12.0. The number of carbonyl (C=O) groups is 3. The summed E-state index contributed by atoms with van der Waals surface area (Å²) < 4.78 is 0. The minimum atomic E-state index is -1.10. The molecule has 1 saturated carbocycles. The molecular weight excluding hydrogens is 226 g/mol. The molecule has 2 fully saturated rings. The largest absolute Gasteiger partial charge is 0.481 e. The second kappa shape index (κ2) is 3.99. The smallest absolute Gasteiger partial charge is 0.305 e. The summed E-state index contributed by atoms with van der Waals surface area (Å²) in [6, 6.07) is -0.935. The maximum Gasteiger partial charge on any atom is 0.305 e. The van der Waals surface area contributed by atoms with Gasteiger partial charge in [0.2, 0.25) is 11.8 Å². The van der Waals surface area contributed by atoms with Crippen molar-refractivity contribution in [3.8, 4) is 0 Å². The molecule has 1 saturated heterocycles. The van der Waals surface area contributed by atoms with Crippen molar-refractivity contribution in [3.05, 3.63) is 0 Å². The topological polar surface area (TPSA) is 113 Å². The van der Waals surface area contributed by atoms with Gasteiger partial charge in [0.15, 0.2) is 0 Å². The minimum absolute atomic E-state index is 0.307. The van der Waals surface area contributed by atoms with Crippen LogP contribution in [-0.4, -0.2) is 52.5 Å². The second-order valence-electron chi connectivity index (χ2n) is 4.56. The van der Waals surface area contributed by atoms with Gasteiger partial charge < -0.3 is 21.1 Å². The van der Waals surface area contributed by atoms with Gasteiger partial charge in [-0.1, -0.05) is 0 Å². The van der Waals surface area contributed by atoms with Gasteiger partial charge in [-0.15, -0.1) is 0 Å². The van der Waals surface area contributed by atoms with E-state index in [1.165, 1.54) is 4.90 Å². The Balaban J connectivity index is 2.14. The summed E-state index contributed by atoms with van der Waals surface area (Å²) in [7, 11) is 0. The van der Waals surface area contributed by atoms with E-state index in [1.807, 2.05) is 0 Å². The number of piperazine rings is 1. The first-order valence-corrected chi connectivity index (χ1v) is 5.53. The first-order valence-electron chi connectivity index (χ1n) is 5.53. The van der Waals surface area contributed by atoms with E-state index in [0.29, 0.717) is 25.9 Å². The van der Waals surface area contributed by atoms with E-state index in [0.717, 1.165) is 0 Å². The second-order valence-corrected chi connectivity index (χ2v) is 4.56. The molecule has 7 heteroatoms. The number of carboxylic acids is 1. The predicted molar refractivity (Wildman–Crippen MR) is 56.9 cm³/mol. The zero-order valence-electron chi connectivity index (χ0n) is 9.31. The van der Waals surface area contributed by atoms with Crippen LogP contribution >= 0.6 is 0 Å². The highest BCUT2D eigenvalue weighted by molar-refractivity contribution is 5.96. The van der Waals surface area contributed by atoms with Gasteiger partial charge in [-0.05, 0) is 12.8 Å². The van der Waals surface area contributed by atoms with Crippen molar-refractivity contribution in [1.29, 1.82) is 0 Å². The number of hydrogen-bond acceptors (Lipinski definition) is 4. The van der Waals surface area contributed by atoms with Crippen molar-refractivity contribution in [2.75, 3.05) is 13.1 Å². The first-order chi connectivity index (χ1) is 7.94. The third-order valence-corrected chi connectivity index (χ3v) is 3.17. The molecule has 4 N–H and O–H groups in total. The number of hydrogen-bond donors (Lipinski definition) is 3. The van der Waals surface area contributed by atoms with Crippen LogP contribution in [0.1, 0.15) is 19.3 Å². The molecule has 0 radical (unpaired) electrons. The van der Waals surface area contributed by atoms with Crippen LogP contribution < -0.4 is 11.1 Å². The molecule has 0 aromatic heterocycles. The van der Waals surface area contributed by atoms with Gasteiger partial charge in [0.25, 0.3) is 0 Å². The normalized spacial score (nSPS) is 26.3. The van der Waals surface area contributed by atoms with Gasteiger partial charge in [-0.25, -0.2) is 0 Å². The zero-order chi connectivity index (χ0) is 12.6. The number of aliphatic carboxylic acids is 1. The molecular formula is C10H15N3O4. The van der Waals surface area contributed by atoms with E-state index in [9.17, 15) is 14.4 Å². The van der Waals surface area contributed by atoms with Gasteiger partial charge in [0.05, 0.1) is 12.0 Å². The summed E-state index contributed by atoms with van der Waals surface area (Å²) >= 11 is 0. The van der Waals surface area contributed by atoms with Crippen LogP contribution in [0.3, 0.4) is 0 Å².